The molecule has 0 aliphatic rings. The lowest BCUT2D eigenvalue weighted by atomic mass is 10.1. The maximum absolute atomic E-state index is 12.0. The van der Waals surface area contributed by atoms with Gasteiger partial charge in [-0.15, -0.1) is 0 Å². The number of nitriles is 1. The molecule has 4 nitrogen and oxygen atoms in total. The van der Waals surface area contributed by atoms with Crippen LogP contribution >= 0.6 is 31.9 Å². The molecule has 1 amide bonds. The number of benzene rings is 1. The van der Waals surface area contributed by atoms with Crippen LogP contribution in [0.2, 0.25) is 0 Å². The fourth-order valence-corrected chi connectivity index (χ4v) is 3.12. The molecule has 0 saturated heterocycles. The van der Waals surface area contributed by atoms with Crippen molar-refractivity contribution in [3.05, 3.63) is 32.2 Å². The minimum Gasteiger partial charge on any atom is -0.494 e. The molecule has 1 atom stereocenters. The van der Waals surface area contributed by atoms with E-state index < -0.39 is 0 Å². The van der Waals surface area contributed by atoms with Crippen molar-refractivity contribution in [2.75, 3.05) is 7.11 Å². The largest absolute Gasteiger partial charge is 0.494 e. The van der Waals surface area contributed by atoms with Crippen LogP contribution in [0.4, 0.5) is 0 Å². The Kier molecular flexibility index (Phi) is 6.93. The average molecular weight is 416 g/mol. The van der Waals surface area contributed by atoms with Crippen LogP contribution in [-0.2, 0) is 4.79 Å². The number of amides is 1. The van der Waals surface area contributed by atoms with Crippen LogP contribution in [-0.4, -0.2) is 19.1 Å². The lowest BCUT2D eigenvalue weighted by Gasteiger charge is -2.11. The summed E-state index contributed by atoms with van der Waals surface area (Å²) in [7, 11) is 1.57. The molecule has 112 valence electrons. The van der Waals surface area contributed by atoms with E-state index in [4.69, 9.17) is 10.00 Å². The Labute approximate surface area is 141 Å². The van der Waals surface area contributed by atoms with Crippen LogP contribution in [0.3, 0.4) is 0 Å². The van der Waals surface area contributed by atoms with E-state index in [1.54, 1.807) is 25.3 Å². The van der Waals surface area contributed by atoms with Crippen molar-refractivity contribution in [2.24, 2.45) is 0 Å². The van der Waals surface area contributed by atoms with E-state index in [2.05, 4.69) is 37.2 Å². The number of carbonyl (C=O) groups excluding carboxylic acids is 1. The first-order valence-electron chi connectivity index (χ1n) is 6.38. The Morgan fingerprint density at radius 3 is 2.48 bits per heavy atom. The topological polar surface area (TPSA) is 62.1 Å². The third-order valence-electron chi connectivity index (χ3n) is 2.89. The highest BCUT2D eigenvalue weighted by Crippen LogP contribution is 2.34. The summed E-state index contributed by atoms with van der Waals surface area (Å²) in [5.41, 5.74) is 0.796. The number of nitrogens with zero attached hydrogens (tertiary/aromatic N) is 1. The molecular formula is C15H16Br2N2O2. The molecule has 21 heavy (non-hydrogen) atoms. The van der Waals surface area contributed by atoms with E-state index in [0.29, 0.717) is 5.75 Å². The summed E-state index contributed by atoms with van der Waals surface area (Å²) in [5.74, 6) is 0.296. The molecule has 0 bridgehead atoms. The normalized spacial score (nSPS) is 12.5. The molecule has 1 aromatic carbocycles. The molecule has 0 spiro atoms. The minimum atomic E-state index is -0.366. The van der Waals surface area contributed by atoms with Gasteiger partial charge >= 0.3 is 0 Å². The van der Waals surface area contributed by atoms with Gasteiger partial charge in [-0.3, -0.25) is 4.79 Å². The van der Waals surface area contributed by atoms with Crippen molar-refractivity contribution in [2.45, 2.75) is 26.3 Å². The van der Waals surface area contributed by atoms with Gasteiger partial charge in [-0.1, -0.05) is 6.92 Å². The number of rotatable bonds is 5. The average Bonchev–Trinajstić information content (AvgIpc) is 2.44. The Hall–Kier alpha value is -1.32. The highest BCUT2D eigenvalue weighted by molar-refractivity contribution is 9.11. The van der Waals surface area contributed by atoms with Crippen molar-refractivity contribution in [1.82, 2.24) is 5.32 Å². The van der Waals surface area contributed by atoms with Crippen molar-refractivity contribution < 1.29 is 9.53 Å². The predicted octanol–water partition coefficient (Wildman–Crippen LogP) is 4.04. The molecule has 0 fully saturated rings. The second-order valence-electron chi connectivity index (χ2n) is 4.47. The van der Waals surface area contributed by atoms with Gasteiger partial charge in [0.2, 0.25) is 0 Å². The van der Waals surface area contributed by atoms with E-state index in [1.807, 2.05) is 19.9 Å². The van der Waals surface area contributed by atoms with Gasteiger partial charge < -0.3 is 10.1 Å². The summed E-state index contributed by atoms with van der Waals surface area (Å²) < 4.78 is 6.70. The van der Waals surface area contributed by atoms with E-state index in [0.717, 1.165) is 20.9 Å². The Morgan fingerprint density at radius 1 is 1.48 bits per heavy atom. The predicted molar refractivity (Wildman–Crippen MR) is 89.9 cm³/mol. The van der Waals surface area contributed by atoms with Crippen molar-refractivity contribution in [3.8, 4) is 11.8 Å². The zero-order valence-electron chi connectivity index (χ0n) is 12.0. The second-order valence-corrected chi connectivity index (χ2v) is 6.18. The van der Waals surface area contributed by atoms with Gasteiger partial charge in [-0.05, 0) is 69.0 Å². The van der Waals surface area contributed by atoms with Gasteiger partial charge in [0, 0.05) is 6.04 Å². The minimum absolute atomic E-state index is 0.0311. The van der Waals surface area contributed by atoms with E-state index in [9.17, 15) is 4.79 Å². The highest BCUT2D eigenvalue weighted by atomic mass is 79.9. The highest BCUT2D eigenvalue weighted by Gasteiger charge is 2.13. The molecule has 6 heteroatoms. The molecule has 0 aromatic heterocycles. The zero-order valence-corrected chi connectivity index (χ0v) is 15.2. The van der Waals surface area contributed by atoms with Crippen LogP contribution in [0.1, 0.15) is 25.8 Å². The van der Waals surface area contributed by atoms with Gasteiger partial charge in [0.1, 0.15) is 17.4 Å². The second kappa shape index (κ2) is 8.20. The third-order valence-corrected chi connectivity index (χ3v) is 4.07. The fraction of sp³-hybridized carbons (Fsp3) is 0.333. The number of nitrogens with one attached hydrogen (secondary N) is 1. The van der Waals surface area contributed by atoms with Gasteiger partial charge in [0.05, 0.1) is 16.1 Å². The lowest BCUT2D eigenvalue weighted by Crippen LogP contribution is -2.32. The van der Waals surface area contributed by atoms with Gasteiger partial charge in [-0.2, -0.15) is 5.26 Å². The summed E-state index contributed by atoms with van der Waals surface area (Å²) in [6.45, 7) is 3.87. The molecule has 0 unspecified atom stereocenters. The SMILES string of the molecule is CC[C@H](C)NC(=O)/C(C#N)=C/c1cc(Br)c(OC)c(Br)c1. The summed E-state index contributed by atoms with van der Waals surface area (Å²) in [6, 6.07) is 5.54. The first-order chi connectivity index (χ1) is 9.92. The van der Waals surface area contributed by atoms with E-state index in [1.165, 1.54) is 0 Å². The van der Waals surface area contributed by atoms with E-state index in [-0.39, 0.29) is 17.5 Å². The number of hydrogen-bond acceptors (Lipinski definition) is 3. The lowest BCUT2D eigenvalue weighted by molar-refractivity contribution is -0.117. The van der Waals surface area contributed by atoms with Gasteiger partial charge in [-0.25, -0.2) is 0 Å². The summed E-state index contributed by atoms with van der Waals surface area (Å²) in [4.78, 5) is 12.0. The summed E-state index contributed by atoms with van der Waals surface area (Å²) in [5, 5.41) is 11.9. The van der Waals surface area contributed by atoms with Crippen LogP contribution in [0.15, 0.2) is 26.7 Å². The van der Waals surface area contributed by atoms with Crippen molar-refractivity contribution in [1.29, 1.82) is 5.26 Å². The van der Waals surface area contributed by atoms with Crippen LogP contribution in [0, 0.1) is 11.3 Å². The Balaban J connectivity index is 3.10. The standard InChI is InChI=1S/C15H16Br2N2O2/c1-4-9(2)19-15(20)11(8-18)5-10-6-12(16)14(21-3)13(17)7-10/h5-7,9H,4H2,1-3H3,(H,19,20)/b11-5+/t9-/m0/s1. The molecule has 1 rings (SSSR count). The van der Waals surface area contributed by atoms with Crippen molar-refractivity contribution in [3.63, 3.8) is 0 Å². The molecule has 0 aliphatic heterocycles. The van der Waals surface area contributed by atoms with Crippen LogP contribution in [0.5, 0.6) is 5.75 Å². The monoisotopic (exact) mass is 414 g/mol. The van der Waals surface area contributed by atoms with Gasteiger partial charge in [0.25, 0.3) is 5.91 Å². The number of methoxy groups -OCH3 is 1. The number of ether oxygens (including phenoxy) is 1. The molecule has 0 radical (unpaired) electrons. The number of hydrogen-bond donors (Lipinski definition) is 1. The molecule has 1 aromatic rings. The molecule has 0 heterocycles. The molecule has 0 aliphatic carbocycles. The summed E-state index contributed by atoms with van der Waals surface area (Å²) >= 11 is 6.78. The zero-order chi connectivity index (χ0) is 16.0. The molecular weight excluding hydrogens is 400 g/mol. The Bertz CT molecular complexity index is 583. The fourth-order valence-electron chi connectivity index (χ4n) is 1.58. The smallest absolute Gasteiger partial charge is 0.262 e. The molecule has 1 N–H and O–H groups in total. The van der Waals surface area contributed by atoms with Gasteiger partial charge in [0.15, 0.2) is 0 Å². The van der Waals surface area contributed by atoms with Crippen LogP contribution in [0.25, 0.3) is 6.08 Å². The first kappa shape index (κ1) is 17.7. The third kappa shape index (κ3) is 4.87. The first-order valence-corrected chi connectivity index (χ1v) is 7.97. The van der Waals surface area contributed by atoms with Crippen LogP contribution < -0.4 is 10.1 Å². The number of halogens is 2. The number of carbonyl (C=O) groups is 1. The maximum atomic E-state index is 12.0. The quantitative estimate of drug-likeness (QED) is 0.583. The molecule has 0 saturated carbocycles. The summed E-state index contributed by atoms with van der Waals surface area (Å²) in [6.07, 6.45) is 2.36. The Morgan fingerprint density at radius 2 is 2.05 bits per heavy atom. The van der Waals surface area contributed by atoms with Crippen molar-refractivity contribution >= 4 is 43.8 Å². The van der Waals surface area contributed by atoms with E-state index >= 15 is 0 Å². The maximum Gasteiger partial charge on any atom is 0.262 e.